The minimum atomic E-state index is -0.0745. The van der Waals surface area contributed by atoms with Crippen LogP contribution in [0.5, 0.6) is 0 Å². The number of rotatable bonds is 2. The van der Waals surface area contributed by atoms with Crippen molar-refractivity contribution in [3.05, 3.63) is 30.1 Å². The first kappa shape index (κ1) is 13.5. The van der Waals surface area contributed by atoms with Crippen LogP contribution in [0, 0.1) is 5.92 Å². The number of pyridine rings is 1. The predicted molar refractivity (Wildman–Crippen MR) is 71.6 cm³/mol. The minimum Gasteiger partial charge on any atom is -0.349 e. The number of carbonyl (C=O) groups excluding carboxylic acids is 2. The molecular weight excluding hydrogens is 242 g/mol. The summed E-state index contributed by atoms with van der Waals surface area (Å²) < 4.78 is 0. The van der Waals surface area contributed by atoms with Crippen molar-refractivity contribution in [2.75, 3.05) is 27.2 Å². The number of nitrogens with zero attached hydrogens (tertiary/aromatic N) is 3. The highest BCUT2D eigenvalue weighted by Crippen LogP contribution is 2.19. The molecular formula is C14H19N3O2. The van der Waals surface area contributed by atoms with Crippen LogP contribution in [0.2, 0.25) is 0 Å². The van der Waals surface area contributed by atoms with E-state index in [0.717, 1.165) is 19.4 Å². The summed E-state index contributed by atoms with van der Waals surface area (Å²) in [7, 11) is 3.51. The molecule has 1 atom stereocenters. The molecule has 2 rings (SSSR count). The Kier molecular flexibility index (Phi) is 4.14. The molecule has 1 saturated heterocycles. The maximum absolute atomic E-state index is 12.3. The molecule has 0 radical (unpaired) electrons. The molecule has 2 amide bonds. The van der Waals surface area contributed by atoms with Crippen LogP contribution < -0.4 is 0 Å². The maximum atomic E-state index is 12.3. The van der Waals surface area contributed by atoms with Crippen molar-refractivity contribution in [2.24, 2.45) is 5.92 Å². The van der Waals surface area contributed by atoms with E-state index in [0.29, 0.717) is 12.1 Å². The first-order chi connectivity index (χ1) is 9.09. The van der Waals surface area contributed by atoms with E-state index >= 15 is 0 Å². The van der Waals surface area contributed by atoms with Crippen LogP contribution in [-0.4, -0.2) is 53.8 Å². The van der Waals surface area contributed by atoms with Crippen LogP contribution >= 0.6 is 0 Å². The molecule has 0 aromatic carbocycles. The van der Waals surface area contributed by atoms with Crippen molar-refractivity contribution in [1.82, 2.24) is 14.8 Å². The summed E-state index contributed by atoms with van der Waals surface area (Å²) in [6, 6.07) is 3.42. The predicted octanol–water partition coefficient (Wildman–Crippen LogP) is 1.02. The van der Waals surface area contributed by atoms with Crippen molar-refractivity contribution in [3.63, 3.8) is 0 Å². The van der Waals surface area contributed by atoms with E-state index in [9.17, 15) is 9.59 Å². The van der Waals surface area contributed by atoms with Gasteiger partial charge < -0.3 is 9.80 Å². The van der Waals surface area contributed by atoms with E-state index in [1.807, 2.05) is 0 Å². The topological polar surface area (TPSA) is 53.5 Å². The van der Waals surface area contributed by atoms with E-state index in [-0.39, 0.29) is 17.7 Å². The van der Waals surface area contributed by atoms with Crippen LogP contribution in [0.4, 0.5) is 0 Å². The fraction of sp³-hybridized carbons (Fsp3) is 0.500. The van der Waals surface area contributed by atoms with Crippen molar-refractivity contribution in [1.29, 1.82) is 0 Å². The largest absolute Gasteiger partial charge is 0.349 e. The Morgan fingerprint density at radius 3 is 2.63 bits per heavy atom. The van der Waals surface area contributed by atoms with Gasteiger partial charge in [-0.3, -0.25) is 14.6 Å². The Labute approximate surface area is 113 Å². The zero-order chi connectivity index (χ0) is 13.8. The lowest BCUT2D eigenvalue weighted by atomic mass is 9.96. The zero-order valence-electron chi connectivity index (χ0n) is 11.4. The number of amides is 2. The van der Waals surface area contributed by atoms with E-state index in [2.05, 4.69) is 4.98 Å². The molecule has 1 aliphatic heterocycles. The van der Waals surface area contributed by atoms with Crippen LogP contribution in [0.25, 0.3) is 0 Å². The molecule has 0 N–H and O–H groups in total. The van der Waals surface area contributed by atoms with E-state index in [1.165, 1.54) is 0 Å². The number of likely N-dealkylation sites (tertiary alicyclic amines) is 1. The van der Waals surface area contributed by atoms with Gasteiger partial charge in [-0.15, -0.1) is 0 Å². The van der Waals surface area contributed by atoms with Gasteiger partial charge in [0, 0.05) is 45.1 Å². The Hall–Kier alpha value is -1.91. The van der Waals surface area contributed by atoms with E-state index in [1.54, 1.807) is 48.4 Å². The molecule has 0 saturated carbocycles. The number of aromatic nitrogens is 1. The quantitative estimate of drug-likeness (QED) is 0.798. The number of hydrogen-bond acceptors (Lipinski definition) is 3. The Bertz CT molecular complexity index is 459. The van der Waals surface area contributed by atoms with Crippen molar-refractivity contribution >= 4 is 11.8 Å². The molecule has 1 unspecified atom stereocenters. The summed E-state index contributed by atoms with van der Waals surface area (Å²) in [6.07, 6.45) is 4.96. The molecule has 0 spiro atoms. The average Bonchev–Trinajstić information content (AvgIpc) is 2.46. The Morgan fingerprint density at radius 1 is 1.32 bits per heavy atom. The van der Waals surface area contributed by atoms with Crippen molar-refractivity contribution in [3.8, 4) is 0 Å². The summed E-state index contributed by atoms with van der Waals surface area (Å²) in [5.74, 6) is 0.0143. The first-order valence-electron chi connectivity index (χ1n) is 6.50. The van der Waals surface area contributed by atoms with Crippen LogP contribution in [0.15, 0.2) is 24.5 Å². The van der Waals surface area contributed by atoms with Crippen LogP contribution in [0.1, 0.15) is 23.2 Å². The van der Waals surface area contributed by atoms with Crippen LogP contribution in [0.3, 0.4) is 0 Å². The number of hydrogen-bond donors (Lipinski definition) is 0. The average molecular weight is 261 g/mol. The monoisotopic (exact) mass is 261 g/mol. The molecule has 19 heavy (non-hydrogen) atoms. The summed E-state index contributed by atoms with van der Waals surface area (Å²) >= 11 is 0. The lowest BCUT2D eigenvalue weighted by molar-refractivity contribution is -0.134. The molecule has 0 bridgehead atoms. The molecule has 1 aromatic rings. The zero-order valence-corrected chi connectivity index (χ0v) is 11.4. The fourth-order valence-corrected chi connectivity index (χ4v) is 2.41. The van der Waals surface area contributed by atoms with Gasteiger partial charge in [0.25, 0.3) is 5.91 Å². The fourth-order valence-electron chi connectivity index (χ4n) is 2.41. The molecule has 0 aliphatic carbocycles. The van der Waals surface area contributed by atoms with Gasteiger partial charge in [-0.2, -0.15) is 0 Å². The second-order valence-corrected chi connectivity index (χ2v) is 5.06. The standard InChI is InChI=1S/C14H19N3O2/c1-16(2)13(18)12-4-3-9-17(10-12)14(19)11-5-7-15-8-6-11/h5-8,12H,3-4,9-10H2,1-2H3. The van der Waals surface area contributed by atoms with Gasteiger partial charge in [0.15, 0.2) is 0 Å². The van der Waals surface area contributed by atoms with Gasteiger partial charge >= 0.3 is 0 Å². The van der Waals surface area contributed by atoms with Crippen LogP contribution in [-0.2, 0) is 4.79 Å². The van der Waals surface area contributed by atoms with Gasteiger partial charge in [-0.1, -0.05) is 0 Å². The second kappa shape index (κ2) is 5.82. The highest BCUT2D eigenvalue weighted by Gasteiger charge is 2.29. The van der Waals surface area contributed by atoms with E-state index in [4.69, 9.17) is 0 Å². The summed E-state index contributed by atoms with van der Waals surface area (Å²) in [6.45, 7) is 1.23. The molecule has 2 heterocycles. The van der Waals surface area contributed by atoms with Gasteiger partial charge in [0.05, 0.1) is 5.92 Å². The summed E-state index contributed by atoms with van der Waals surface area (Å²) in [5, 5.41) is 0. The molecule has 102 valence electrons. The van der Waals surface area contributed by atoms with Gasteiger partial charge in [0.1, 0.15) is 0 Å². The van der Waals surface area contributed by atoms with Crippen molar-refractivity contribution < 1.29 is 9.59 Å². The third-order valence-corrected chi connectivity index (χ3v) is 3.43. The second-order valence-electron chi connectivity index (χ2n) is 5.06. The SMILES string of the molecule is CN(C)C(=O)C1CCCN(C(=O)c2ccncc2)C1. The van der Waals surface area contributed by atoms with Gasteiger partial charge in [-0.25, -0.2) is 0 Å². The normalized spacial score (nSPS) is 19.1. The van der Waals surface area contributed by atoms with Crippen molar-refractivity contribution in [2.45, 2.75) is 12.8 Å². The third kappa shape index (κ3) is 3.10. The summed E-state index contributed by atoms with van der Waals surface area (Å²) in [4.78, 5) is 31.6. The lowest BCUT2D eigenvalue weighted by Gasteiger charge is -2.33. The molecule has 5 heteroatoms. The minimum absolute atomic E-state index is 0.0151. The van der Waals surface area contributed by atoms with E-state index < -0.39 is 0 Å². The maximum Gasteiger partial charge on any atom is 0.253 e. The molecule has 1 fully saturated rings. The van der Waals surface area contributed by atoms with Gasteiger partial charge in [-0.05, 0) is 25.0 Å². The Balaban J connectivity index is 2.05. The highest BCUT2D eigenvalue weighted by molar-refractivity contribution is 5.94. The smallest absolute Gasteiger partial charge is 0.253 e. The third-order valence-electron chi connectivity index (χ3n) is 3.43. The van der Waals surface area contributed by atoms with Gasteiger partial charge in [0.2, 0.25) is 5.91 Å². The number of piperidine rings is 1. The highest BCUT2D eigenvalue weighted by atomic mass is 16.2. The Morgan fingerprint density at radius 2 is 2.00 bits per heavy atom. The number of carbonyl (C=O) groups is 2. The lowest BCUT2D eigenvalue weighted by Crippen LogP contribution is -2.45. The molecule has 1 aliphatic rings. The molecule has 5 nitrogen and oxygen atoms in total. The molecule has 1 aromatic heterocycles. The first-order valence-corrected chi connectivity index (χ1v) is 6.50. The summed E-state index contributed by atoms with van der Waals surface area (Å²) in [5.41, 5.74) is 0.632.